The molecule has 0 bridgehead atoms. The summed E-state index contributed by atoms with van der Waals surface area (Å²) < 4.78 is 19.4. The van der Waals surface area contributed by atoms with Gasteiger partial charge in [0.15, 0.2) is 0 Å². The molecule has 2 aromatic rings. The van der Waals surface area contributed by atoms with E-state index in [9.17, 15) is 4.57 Å². The first kappa shape index (κ1) is 20.0. The van der Waals surface area contributed by atoms with Gasteiger partial charge in [0.25, 0.3) is 0 Å². The van der Waals surface area contributed by atoms with Gasteiger partial charge in [-0.15, -0.1) is 23.2 Å². The fourth-order valence-electron chi connectivity index (χ4n) is 2.20. The van der Waals surface area contributed by atoms with E-state index in [0.717, 1.165) is 11.1 Å². The molecule has 0 saturated carbocycles. The number of benzene rings is 2. The highest BCUT2D eigenvalue weighted by Crippen LogP contribution is 2.42. The van der Waals surface area contributed by atoms with Crippen molar-refractivity contribution < 1.29 is 9.19 Å². The highest BCUT2D eigenvalue weighted by Gasteiger charge is 2.28. The first-order chi connectivity index (χ1) is 12.1. The van der Waals surface area contributed by atoms with E-state index in [1.54, 1.807) is 0 Å². The Morgan fingerprint density at radius 3 is 1.80 bits per heavy atom. The summed E-state index contributed by atoms with van der Waals surface area (Å²) in [4.78, 5) is 0. The summed E-state index contributed by atoms with van der Waals surface area (Å²) in [6.45, 7) is 0.590. The summed E-state index contributed by atoms with van der Waals surface area (Å²) in [5, 5.41) is 4.12. The summed E-state index contributed by atoms with van der Waals surface area (Å²) in [5.74, 6) is 0.519. The number of halogens is 2. The molecule has 0 heterocycles. The maximum atomic E-state index is 12.7. The molecule has 134 valence electrons. The van der Waals surface area contributed by atoms with Crippen LogP contribution in [0.2, 0.25) is 0 Å². The Hall–Kier alpha value is -1.36. The molecule has 0 aliphatic heterocycles. The number of oxime groups is 1. The van der Waals surface area contributed by atoms with Gasteiger partial charge < -0.3 is 4.62 Å². The van der Waals surface area contributed by atoms with E-state index >= 15 is 0 Å². The molecule has 2 aromatic carbocycles. The number of alkyl halides is 2. The summed E-state index contributed by atoms with van der Waals surface area (Å²) in [5.41, 5.74) is 8.07. The minimum absolute atomic E-state index is 0.259. The van der Waals surface area contributed by atoms with Crippen molar-refractivity contribution in [2.45, 2.75) is 0 Å². The molecular formula is C17H20Cl2N3O2P. The number of hydrogen-bond donors (Lipinski definition) is 1. The molecule has 0 aliphatic rings. The SMILES string of the molecule is N[P@](=O)(ON=C(c1ccccc1)c1ccccc1)N(CCCl)CCCl. The zero-order chi connectivity index (χ0) is 18.1. The lowest BCUT2D eigenvalue weighted by Gasteiger charge is -2.24. The Morgan fingerprint density at radius 1 is 0.960 bits per heavy atom. The molecule has 5 nitrogen and oxygen atoms in total. The van der Waals surface area contributed by atoms with Crippen molar-refractivity contribution in [3.05, 3.63) is 71.8 Å². The van der Waals surface area contributed by atoms with Crippen molar-refractivity contribution in [2.75, 3.05) is 24.8 Å². The number of nitrogens with zero attached hydrogens (tertiary/aromatic N) is 2. The molecule has 0 unspecified atom stereocenters. The standard InChI is InChI=1S/C17H20Cl2N3O2P/c18-11-13-22(14-12-19)25(20,23)24-21-17(15-7-3-1-4-8-15)16-9-5-2-6-10-16/h1-10H,11-14H2,(H2,20,23)/t25-/m0/s1. The minimum Gasteiger partial charge on any atom is -0.311 e. The fraction of sp³-hybridized carbons (Fsp3) is 0.235. The predicted octanol–water partition coefficient (Wildman–Crippen LogP) is 4.30. The van der Waals surface area contributed by atoms with Crippen LogP contribution in [0.15, 0.2) is 65.8 Å². The van der Waals surface area contributed by atoms with Crippen LogP contribution >= 0.6 is 30.9 Å². The number of rotatable bonds is 9. The number of nitrogens with two attached hydrogens (primary N) is 1. The van der Waals surface area contributed by atoms with Gasteiger partial charge in [-0.1, -0.05) is 65.8 Å². The van der Waals surface area contributed by atoms with Gasteiger partial charge in [0.1, 0.15) is 5.71 Å². The zero-order valence-electron chi connectivity index (χ0n) is 13.6. The van der Waals surface area contributed by atoms with E-state index in [1.807, 2.05) is 60.7 Å². The quantitative estimate of drug-likeness (QED) is 0.295. The second-order valence-corrected chi connectivity index (χ2v) is 7.76. The largest absolute Gasteiger partial charge is 0.411 e. The molecular weight excluding hydrogens is 380 g/mol. The van der Waals surface area contributed by atoms with Crippen molar-refractivity contribution in [1.29, 1.82) is 0 Å². The van der Waals surface area contributed by atoms with Crippen molar-refractivity contribution in [3.63, 3.8) is 0 Å². The predicted molar refractivity (Wildman–Crippen MR) is 104 cm³/mol. The van der Waals surface area contributed by atoms with Crippen LogP contribution in [0.5, 0.6) is 0 Å². The second-order valence-electron chi connectivity index (χ2n) is 5.15. The first-order valence-electron chi connectivity index (χ1n) is 7.72. The maximum Gasteiger partial charge on any atom is 0.411 e. The van der Waals surface area contributed by atoms with Crippen molar-refractivity contribution in [3.8, 4) is 0 Å². The first-order valence-corrected chi connectivity index (χ1v) is 10.4. The van der Waals surface area contributed by atoms with Gasteiger partial charge in [-0.05, 0) is 0 Å². The highest BCUT2D eigenvalue weighted by atomic mass is 35.5. The van der Waals surface area contributed by atoms with Crippen molar-refractivity contribution in [2.24, 2.45) is 10.7 Å². The van der Waals surface area contributed by atoms with E-state index in [2.05, 4.69) is 5.16 Å². The van der Waals surface area contributed by atoms with Crippen LogP contribution in [0.1, 0.15) is 11.1 Å². The lowest BCUT2D eigenvalue weighted by molar-refractivity contribution is 0.279. The minimum atomic E-state index is -3.65. The molecule has 2 rings (SSSR count). The molecule has 0 amide bonds. The van der Waals surface area contributed by atoms with Gasteiger partial charge >= 0.3 is 7.67 Å². The Kier molecular flexibility index (Phi) is 7.94. The molecule has 0 radical (unpaired) electrons. The van der Waals surface area contributed by atoms with Gasteiger partial charge in [0.2, 0.25) is 0 Å². The average molecular weight is 400 g/mol. The maximum absolute atomic E-state index is 12.7. The second kappa shape index (κ2) is 9.95. The normalized spacial score (nSPS) is 13.3. The molecule has 0 aliphatic carbocycles. The third-order valence-electron chi connectivity index (χ3n) is 3.42. The number of hydrogen-bond acceptors (Lipinski definition) is 3. The van der Waals surface area contributed by atoms with E-state index in [0.29, 0.717) is 18.8 Å². The van der Waals surface area contributed by atoms with Crippen LogP contribution in [0, 0.1) is 0 Å². The summed E-state index contributed by atoms with van der Waals surface area (Å²) in [7, 11) is -3.65. The van der Waals surface area contributed by atoms with Crippen molar-refractivity contribution in [1.82, 2.24) is 4.67 Å². The van der Waals surface area contributed by atoms with E-state index < -0.39 is 7.67 Å². The van der Waals surface area contributed by atoms with E-state index in [1.165, 1.54) is 4.67 Å². The van der Waals surface area contributed by atoms with Gasteiger partial charge in [0, 0.05) is 36.0 Å². The molecule has 2 N–H and O–H groups in total. The third-order valence-corrected chi connectivity index (χ3v) is 5.27. The van der Waals surface area contributed by atoms with Crippen LogP contribution in [-0.2, 0) is 9.19 Å². The molecule has 8 heteroatoms. The van der Waals surface area contributed by atoms with E-state index in [-0.39, 0.29) is 11.8 Å². The Balaban J connectivity index is 2.33. The van der Waals surface area contributed by atoms with Crippen molar-refractivity contribution >= 4 is 36.6 Å². The van der Waals surface area contributed by atoms with E-state index in [4.69, 9.17) is 33.3 Å². The lowest BCUT2D eigenvalue weighted by atomic mass is 10.0. The summed E-state index contributed by atoms with van der Waals surface area (Å²) >= 11 is 11.5. The third kappa shape index (κ3) is 5.84. The van der Waals surface area contributed by atoms with Gasteiger partial charge in [-0.3, -0.25) is 0 Å². The Morgan fingerprint density at radius 2 is 1.40 bits per heavy atom. The van der Waals surface area contributed by atoms with Gasteiger partial charge in [-0.2, -0.15) is 0 Å². The average Bonchev–Trinajstić information content (AvgIpc) is 2.63. The smallest absolute Gasteiger partial charge is 0.311 e. The highest BCUT2D eigenvalue weighted by molar-refractivity contribution is 7.53. The Labute approximate surface area is 157 Å². The summed E-state index contributed by atoms with van der Waals surface area (Å²) in [6.07, 6.45) is 0. The molecule has 0 aromatic heterocycles. The monoisotopic (exact) mass is 399 g/mol. The van der Waals surface area contributed by atoms with Gasteiger partial charge in [-0.25, -0.2) is 14.7 Å². The zero-order valence-corrected chi connectivity index (χ0v) is 16.0. The Bertz CT molecular complexity index is 682. The van der Waals surface area contributed by atoms with Gasteiger partial charge in [0.05, 0.1) is 0 Å². The molecule has 1 atom stereocenters. The molecule has 0 spiro atoms. The van der Waals surface area contributed by atoms with Crippen LogP contribution in [0.3, 0.4) is 0 Å². The molecule has 0 fully saturated rings. The van der Waals surface area contributed by atoms with Crippen LogP contribution < -0.4 is 5.50 Å². The molecule has 0 saturated heterocycles. The van der Waals surface area contributed by atoms with Crippen LogP contribution in [0.4, 0.5) is 0 Å². The molecule has 25 heavy (non-hydrogen) atoms. The lowest BCUT2D eigenvalue weighted by Crippen LogP contribution is -2.29. The fourth-order valence-corrected chi connectivity index (χ4v) is 3.90. The van der Waals surface area contributed by atoms with Crippen LogP contribution in [0.25, 0.3) is 0 Å². The topological polar surface area (TPSA) is 67.9 Å². The summed E-state index contributed by atoms with van der Waals surface area (Å²) in [6, 6.07) is 19.0. The van der Waals surface area contributed by atoms with Crippen LogP contribution in [-0.4, -0.2) is 35.2 Å².